The predicted molar refractivity (Wildman–Crippen MR) is 70.1 cm³/mol. The molecule has 1 fully saturated rings. The highest BCUT2D eigenvalue weighted by Crippen LogP contribution is 2.33. The third kappa shape index (κ3) is 3.23. The normalized spacial score (nSPS) is 17.4. The van der Waals surface area contributed by atoms with Gasteiger partial charge >= 0.3 is 0 Å². The minimum Gasteiger partial charge on any atom is -0.494 e. The first-order chi connectivity index (χ1) is 8.53. The van der Waals surface area contributed by atoms with Crippen molar-refractivity contribution < 1.29 is 13.2 Å². The summed E-state index contributed by atoms with van der Waals surface area (Å²) in [7, 11) is -3.40. The predicted octanol–water partition coefficient (Wildman–Crippen LogP) is 2.16. The number of hydrogen-bond acceptors (Lipinski definition) is 3. The highest BCUT2D eigenvalue weighted by atomic mass is 32.2. The van der Waals surface area contributed by atoms with Gasteiger partial charge in [-0.25, -0.2) is 13.1 Å². The summed E-state index contributed by atoms with van der Waals surface area (Å²) in [5, 5.41) is 0. The van der Waals surface area contributed by atoms with Gasteiger partial charge in [-0.2, -0.15) is 0 Å². The second-order valence-electron chi connectivity index (χ2n) is 4.65. The Morgan fingerprint density at radius 3 is 2.44 bits per heavy atom. The summed E-state index contributed by atoms with van der Waals surface area (Å²) in [4.78, 5) is 0.290. The van der Waals surface area contributed by atoms with Gasteiger partial charge in [-0.05, 0) is 56.9 Å². The quantitative estimate of drug-likeness (QED) is 0.861. The summed E-state index contributed by atoms with van der Waals surface area (Å²) in [6.45, 7) is 4.39. The van der Waals surface area contributed by atoms with Gasteiger partial charge in [0.2, 0.25) is 10.0 Å². The molecule has 0 radical (unpaired) electrons. The molecular weight excluding hydrogens is 250 g/mol. The van der Waals surface area contributed by atoms with Gasteiger partial charge in [-0.15, -0.1) is 0 Å². The van der Waals surface area contributed by atoms with Crippen molar-refractivity contribution in [1.29, 1.82) is 0 Å². The maximum atomic E-state index is 12.1. The second kappa shape index (κ2) is 5.28. The van der Waals surface area contributed by atoms with Crippen LogP contribution in [0.3, 0.4) is 0 Å². The maximum Gasteiger partial charge on any atom is 0.240 e. The number of sulfonamides is 1. The minimum absolute atomic E-state index is 0.0153. The number of ether oxygens (including phenoxy) is 1. The Balaban J connectivity index is 2.08. The zero-order valence-corrected chi connectivity index (χ0v) is 11.5. The highest BCUT2D eigenvalue weighted by molar-refractivity contribution is 7.89. The van der Waals surface area contributed by atoms with Crippen LogP contribution in [-0.4, -0.2) is 21.1 Å². The van der Waals surface area contributed by atoms with Crippen LogP contribution in [0.2, 0.25) is 0 Å². The monoisotopic (exact) mass is 269 g/mol. The van der Waals surface area contributed by atoms with E-state index in [-0.39, 0.29) is 6.04 Å². The van der Waals surface area contributed by atoms with Crippen LogP contribution in [0.1, 0.15) is 26.7 Å². The van der Waals surface area contributed by atoms with Crippen molar-refractivity contribution in [2.45, 2.75) is 37.6 Å². The molecule has 4 nitrogen and oxygen atoms in total. The lowest BCUT2D eigenvalue weighted by Crippen LogP contribution is -2.33. The second-order valence-corrected chi connectivity index (χ2v) is 6.37. The molecule has 0 amide bonds. The zero-order chi connectivity index (χ0) is 13.2. The lowest BCUT2D eigenvalue weighted by Gasteiger charge is -2.13. The van der Waals surface area contributed by atoms with Crippen LogP contribution in [0.5, 0.6) is 5.75 Å². The first kappa shape index (κ1) is 13.4. The number of benzene rings is 1. The van der Waals surface area contributed by atoms with Crippen molar-refractivity contribution in [3.8, 4) is 5.75 Å². The summed E-state index contributed by atoms with van der Waals surface area (Å²) in [6, 6.07) is 6.53. The third-order valence-electron chi connectivity index (χ3n) is 3.12. The van der Waals surface area contributed by atoms with Crippen molar-refractivity contribution >= 4 is 10.0 Å². The van der Waals surface area contributed by atoms with Crippen molar-refractivity contribution in [1.82, 2.24) is 4.72 Å². The van der Waals surface area contributed by atoms with E-state index in [1.54, 1.807) is 24.3 Å². The minimum atomic E-state index is -3.40. The summed E-state index contributed by atoms with van der Waals surface area (Å²) in [5.41, 5.74) is 0. The van der Waals surface area contributed by atoms with E-state index in [1.165, 1.54) is 0 Å². The molecule has 0 heterocycles. The van der Waals surface area contributed by atoms with Crippen LogP contribution in [0.4, 0.5) is 0 Å². The van der Waals surface area contributed by atoms with Crippen LogP contribution in [-0.2, 0) is 10.0 Å². The average Bonchev–Trinajstić information content (AvgIpc) is 3.13. The molecule has 0 aromatic heterocycles. The van der Waals surface area contributed by atoms with Crippen LogP contribution in [0, 0.1) is 5.92 Å². The number of hydrogen-bond donors (Lipinski definition) is 1. The average molecular weight is 269 g/mol. The van der Waals surface area contributed by atoms with Gasteiger partial charge in [0.05, 0.1) is 11.5 Å². The lowest BCUT2D eigenvalue weighted by atomic mass is 10.2. The lowest BCUT2D eigenvalue weighted by molar-refractivity contribution is 0.340. The Bertz CT molecular complexity index is 491. The molecule has 0 bridgehead atoms. The first-order valence-corrected chi connectivity index (χ1v) is 7.76. The van der Waals surface area contributed by atoms with Crippen LogP contribution < -0.4 is 9.46 Å². The van der Waals surface area contributed by atoms with Crippen LogP contribution in [0.15, 0.2) is 29.2 Å². The summed E-state index contributed by atoms with van der Waals surface area (Å²) in [6.07, 6.45) is 2.24. The summed E-state index contributed by atoms with van der Waals surface area (Å²) < 4.78 is 32.2. The molecule has 0 saturated heterocycles. The molecule has 18 heavy (non-hydrogen) atoms. The molecule has 1 atom stereocenters. The maximum absolute atomic E-state index is 12.1. The van der Waals surface area contributed by atoms with Crippen LogP contribution in [0.25, 0.3) is 0 Å². The van der Waals surface area contributed by atoms with E-state index in [2.05, 4.69) is 4.72 Å². The molecule has 1 saturated carbocycles. The third-order valence-corrected chi connectivity index (χ3v) is 4.69. The van der Waals surface area contributed by atoms with Crippen LogP contribution >= 0.6 is 0 Å². The molecule has 1 N–H and O–H groups in total. The molecule has 2 rings (SSSR count). The van der Waals surface area contributed by atoms with E-state index in [4.69, 9.17) is 4.74 Å². The highest BCUT2D eigenvalue weighted by Gasteiger charge is 2.31. The van der Waals surface area contributed by atoms with Gasteiger partial charge in [-0.3, -0.25) is 0 Å². The van der Waals surface area contributed by atoms with Crippen molar-refractivity contribution in [2.24, 2.45) is 5.92 Å². The molecule has 100 valence electrons. The Morgan fingerprint density at radius 1 is 1.33 bits per heavy atom. The molecule has 5 heteroatoms. The van der Waals surface area contributed by atoms with E-state index in [1.807, 2.05) is 13.8 Å². The summed E-state index contributed by atoms with van der Waals surface area (Å²) in [5.74, 6) is 1.19. The van der Waals surface area contributed by atoms with Gasteiger partial charge in [0.25, 0.3) is 0 Å². The fourth-order valence-corrected chi connectivity index (χ4v) is 3.20. The smallest absolute Gasteiger partial charge is 0.240 e. The number of rotatable bonds is 6. The Hall–Kier alpha value is -1.07. The largest absolute Gasteiger partial charge is 0.494 e. The first-order valence-electron chi connectivity index (χ1n) is 6.28. The molecule has 1 aromatic rings. The zero-order valence-electron chi connectivity index (χ0n) is 10.7. The van der Waals surface area contributed by atoms with Gasteiger partial charge in [0, 0.05) is 6.04 Å². The number of nitrogens with one attached hydrogen (secondary N) is 1. The topological polar surface area (TPSA) is 55.4 Å². The Morgan fingerprint density at radius 2 is 1.94 bits per heavy atom. The molecule has 1 aromatic carbocycles. The van der Waals surface area contributed by atoms with Crippen molar-refractivity contribution in [2.75, 3.05) is 6.61 Å². The molecule has 0 spiro atoms. The van der Waals surface area contributed by atoms with Gasteiger partial charge in [-0.1, -0.05) is 0 Å². The molecule has 1 aliphatic rings. The fraction of sp³-hybridized carbons (Fsp3) is 0.538. The molecule has 1 aliphatic carbocycles. The standard InChI is InChI=1S/C13H19NO3S/c1-3-17-12-6-8-13(9-7-12)18(15,16)14-10(2)11-4-5-11/h6-11,14H,3-5H2,1-2H3/t10-/m1/s1. The van der Waals surface area contributed by atoms with E-state index in [0.29, 0.717) is 23.2 Å². The van der Waals surface area contributed by atoms with Crippen molar-refractivity contribution in [3.05, 3.63) is 24.3 Å². The molecule has 0 unspecified atom stereocenters. The van der Waals surface area contributed by atoms with E-state index >= 15 is 0 Å². The Labute approximate surface area is 108 Å². The fourth-order valence-electron chi connectivity index (χ4n) is 1.89. The SMILES string of the molecule is CCOc1ccc(S(=O)(=O)N[C@H](C)C2CC2)cc1. The summed E-state index contributed by atoms with van der Waals surface area (Å²) >= 11 is 0. The molecular formula is C13H19NO3S. The van der Waals surface area contributed by atoms with E-state index < -0.39 is 10.0 Å². The van der Waals surface area contributed by atoms with E-state index in [9.17, 15) is 8.42 Å². The van der Waals surface area contributed by atoms with E-state index in [0.717, 1.165) is 12.8 Å². The Kier molecular flexibility index (Phi) is 3.92. The molecule has 0 aliphatic heterocycles. The van der Waals surface area contributed by atoms with Gasteiger partial charge in [0.1, 0.15) is 5.75 Å². The van der Waals surface area contributed by atoms with Gasteiger partial charge < -0.3 is 4.74 Å². The van der Waals surface area contributed by atoms with Crippen molar-refractivity contribution in [3.63, 3.8) is 0 Å². The van der Waals surface area contributed by atoms with Gasteiger partial charge in [0.15, 0.2) is 0 Å².